The van der Waals surface area contributed by atoms with Crippen LogP contribution in [0.1, 0.15) is 45.8 Å². The fraction of sp³-hybridized carbons (Fsp3) is 0.250. The second-order valence-electron chi connectivity index (χ2n) is 10.8. The van der Waals surface area contributed by atoms with E-state index in [0.29, 0.717) is 55.3 Å². The molecule has 0 fully saturated rings. The number of carbonyl (C=O) groups excluding carboxylic acids is 2. The Labute approximate surface area is 257 Å². The van der Waals surface area contributed by atoms with Gasteiger partial charge in [0.1, 0.15) is 6.61 Å². The van der Waals surface area contributed by atoms with Gasteiger partial charge in [-0.05, 0) is 65.9 Å². The smallest absolute Gasteiger partial charge is 0.407 e. The van der Waals surface area contributed by atoms with Gasteiger partial charge in [-0.1, -0.05) is 66.7 Å². The maximum absolute atomic E-state index is 13.5. The minimum Gasteiger partial charge on any atom is -0.493 e. The largest absolute Gasteiger partial charge is 0.493 e. The van der Waals surface area contributed by atoms with Crippen molar-refractivity contribution in [2.45, 2.75) is 25.2 Å². The lowest BCUT2D eigenvalue weighted by molar-refractivity contribution is 0.0989. The van der Waals surface area contributed by atoms with Gasteiger partial charge in [0.25, 0.3) is 5.91 Å². The first kappa shape index (κ1) is 29.0. The fourth-order valence-corrected chi connectivity index (χ4v) is 6.07. The van der Waals surface area contributed by atoms with E-state index in [-0.39, 0.29) is 18.4 Å². The number of fused-ring (bicyclic) bond motifs is 4. The van der Waals surface area contributed by atoms with Crippen LogP contribution in [0.15, 0.2) is 89.9 Å². The zero-order chi connectivity index (χ0) is 30.5. The molecule has 0 saturated heterocycles. The molecular formula is C36H35N3O5. The average Bonchev–Trinajstić information content (AvgIpc) is 3.64. The molecule has 224 valence electrons. The normalized spacial score (nSPS) is 13.1. The highest BCUT2D eigenvalue weighted by Crippen LogP contribution is 2.44. The van der Waals surface area contributed by atoms with E-state index in [2.05, 4.69) is 41.3 Å². The molecule has 0 radical (unpaired) electrons. The highest BCUT2D eigenvalue weighted by molar-refractivity contribution is 6.10. The van der Waals surface area contributed by atoms with E-state index in [1.54, 1.807) is 24.1 Å². The van der Waals surface area contributed by atoms with Crippen molar-refractivity contribution in [3.8, 4) is 22.6 Å². The number of unbranched alkanes of at least 4 members (excludes halogenated alkanes) is 1. The number of carbonyl (C=O) groups is 2. The van der Waals surface area contributed by atoms with Crippen molar-refractivity contribution < 1.29 is 23.8 Å². The summed E-state index contributed by atoms with van der Waals surface area (Å²) in [6, 6.07) is 27.8. The Morgan fingerprint density at radius 2 is 1.64 bits per heavy atom. The molecule has 2 amide bonds. The number of para-hydroxylation sites is 1. The van der Waals surface area contributed by atoms with E-state index in [1.165, 1.54) is 22.3 Å². The lowest BCUT2D eigenvalue weighted by Crippen LogP contribution is -2.29. The van der Waals surface area contributed by atoms with Gasteiger partial charge in [0.2, 0.25) is 0 Å². The van der Waals surface area contributed by atoms with E-state index in [4.69, 9.17) is 14.2 Å². The van der Waals surface area contributed by atoms with E-state index in [1.807, 2.05) is 48.5 Å². The van der Waals surface area contributed by atoms with Gasteiger partial charge in [-0.2, -0.15) is 0 Å². The van der Waals surface area contributed by atoms with Crippen LogP contribution in [0.3, 0.4) is 0 Å². The topological polar surface area (TPSA) is 89.5 Å². The maximum atomic E-state index is 13.5. The quantitative estimate of drug-likeness (QED) is 0.151. The molecule has 4 aromatic rings. The minimum absolute atomic E-state index is 0.0271. The first-order chi connectivity index (χ1) is 21.6. The molecule has 0 spiro atoms. The van der Waals surface area contributed by atoms with Gasteiger partial charge < -0.3 is 24.4 Å². The van der Waals surface area contributed by atoms with Crippen molar-refractivity contribution in [3.63, 3.8) is 0 Å². The van der Waals surface area contributed by atoms with E-state index < -0.39 is 6.09 Å². The number of methoxy groups -OCH3 is 1. The molecular weight excluding hydrogens is 554 g/mol. The van der Waals surface area contributed by atoms with Crippen molar-refractivity contribution in [2.24, 2.45) is 4.99 Å². The number of anilines is 1. The third-order valence-electron chi connectivity index (χ3n) is 8.26. The fourth-order valence-electron chi connectivity index (χ4n) is 6.07. The number of ether oxygens (including phenoxy) is 3. The summed E-state index contributed by atoms with van der Waals surface area (Å²) in [5.41, 5.74) is 7.67. The van der Waals surface area contributed by atoms with E-state index >= 15 is 0 Å². The molecule has 4 aromatic carbocycles. The summed E-state index contributed by atoms with van der Waals surface area (Å²) >= 11 is 0. The molecule has 2 aliphatic rings. The Morgan fingerprint density at radius 3 is 2.36 bits per heavy atom. The van der Waals surface area contributed by atoms with Gasteiger partial charge in [0.05, 0.1) is 25.0 Å². The number of benzene rings is 4. The molecule has 44 heavy (non-hydrogen) atoms. The van der Waals surface area contributed by atoms with Gasteiger partial charge in [-0.15, -0.1) is 0 Å². The summed E-state index contributed by atoms with van der Waals surface area (Å²) in [6.45, 7) is 5.42. The zero-order valence-electron chi connectivity index (χ0n) is 24.8. The second kappa shape index (κ2) is 13.0. The highest BCUT2D eigenvalue weighted by atomic mass is 16.5. The van der Waals surface area contributed by atoms with Crippen LogP contribution < -0.4 is 19.7 Å². The maximum Gasteiger partial charge on any atom is 0.407 e. The number of nitrogens with zero attached hydrogens (tertiary/aromatic N) is 2. The summed E-state index contributed by atoms with van der Waals surface area (Å²) in [6.07, 6.45) is 1.77. The Bertz CT molecular complexity index is 1660. The molecule has 6 rings (SSSR count). The standard InChI is InChI=1S/C36H35N3O5/c1-37-31-22-34(33(42-2)21-29(31)35(40)39-19-17-24-11-3-8-16-32(24)39)43-20-10-9-18-38-36(41)44-23-30-27-14-6-4-12-25(27)26-13-5-7-15-28(26)30/h3-8,11-16,21-22,30H,1,9-10,17-20,23H2,2H3,(H,38,41). The molecule has 1 heterocycles. The third kappa shape index (κ3) is 5.75. The SMILES string of the molecule is C=Nc1cc(OCCCCNC(=O)OCC2c3ccccc3-c3ccccc32)c(OC)cc1C(=O)N1CCc2ccccc21. The predicted molar refractivity (Wildman–Crippen MR) is 172 cm³/mol. The molecule has 0 unspecified atom stereocenters. The van der Waals surface area contributed by atoms with Crippen molar-refractivity contribution in [1.82, 2.24) is 5.32 Å². The summed E-state index contributed by atoms with van der Waals surface area (Å²) in [7, 11) is 1.54. The zero-order valence-corrected chi connectivity index (χ0v) is 24.8. The molecule has 0 aromatic heterocycles. The monoisotopic (exact) mass is 589 g/mol. The Kier molecular flexibility index (Phi) is 8.59. The first-order valence-electron chi connectivity index (χ1n) is 14.9. The third-order valence-corrected chi connectivity index (χ3v) is 8.26. The molecule has 0 bridgehead atoms. The number of nitrogens with one attached hydrogen (secondary N) is 1. The molecule has 8 nitrogen and oxygen atoms in total. The number of hydrogen-bond donors (Lipinski definition) is 1. The van der Waals surface area contributed by atoms with Crippen LogP contribution in [-0.4, -0.2) is 52.1 Å². The van der Waals surface area contributed by atoms with Gasteiger partial charge in [-0.25, -0.2) is 4.79 Å². The number of amides is 2. The summed E-state index contributed by atoms with van der Waals surface area (Å²) in [4.78, 5) is 31.8. The number of hydrogen-bond acceptors (Lipinski definition) is 6. The van der Waals surface area contributed by atoms with Gasteiger partial charge in [0, 0.05) is 30.8 Å². The molecule has 1 N–H and O–H groups in total. The average molecular weight is 590 g/mol. The number of alkyl carbamates (subject to hydrolysis) is 1. The summed E-state index contributed by atoms with van der Waals surface area (Å²) in [5, 5.41) is 2.84. The lowest BCUT2D eigenvalue weighted by atomic mass is 9.98. The summed E-state index contributed by atoms with van der Waals surface area (Å²) in [5.74, 6) is 0.809. The van der Waals surface area contributed by atoms with Crippen LogP contribution >= 0.6 is 0 Å². The molecule has 8 heteroatoms. The van der Waals surface area contributed by atoms with E-state index in [0.717, 1.165) is 17.7 Å². The van der Waals surface area contributed by atoms with Gasteiger partial charge in [0.15, 0.2) is 11.5 Å². The lowest BCUT2D eigenvalue weighted by Gasteiger charge is -2.20. The van der Waals surface area contributed by atoms with Crippen LogP contribution in [0.5, 0.6) is 11.5 Å². The van der Waals surface area contributed by atoms with Crippen LogP contribution in [0.2, 0.25) is 0 Å². The van der Waals surface area contributed by atoms with Crippen LogP contribution in [-0.2, 0) is 11.2 Å². The van der Waals surface area contributed by atoms with Crippen molar-refractivity contribution in [1.29, 1.82) is 0 Å². The van der Waals surface area contributed by atoms with Gasteiger partial charge in [-0.3, -0.25) is 9.79 Å². The van der Waals surface area contributed by atoms with E-state index in [9.17, 15) is 9.59 Å². The van der Waals surface area contributed by atoms with Crippen molar-refractivity contribution >= 4 is 30.1 Å². The summed E-state index contributed by atoms with van der Waals surface area (Å²) < 4.78 is 17.2. The first-order valence-corrected chi connectivity index (χ1v) is 14.9. The highest BCUT2D eigenvalue weighted by Gasteiger charge is 2.30. The van der Waals surface area contributed by atoms with Crippen LogP contribution in [0.4, 0.5) is 16.2 Å². The van der Waals surface area contributed by atoms with Crippen LogP contribution in [0, 0.1) is 0 Å². The molecule has 0 atom stereocenters. The van der Waals surface area contributed by atoms with Crippen LogP contribution in [0.25, 0.3) is 11.1 Å². The molecule has 0 saturated carbocycles. The molecule has 1 aliphatic carbocycles. The van der Waals surface area contributed by atoms with Gasteiger partial charge >= 0.3 is 6.09 Å². The predicted octanol–water partition coefficient (Wildman–Crippen LogP) is 6.93. The minimum atomic E-state index is -0.433. The number of rotatable bonds is 11. The molecule has 1 aliphatic heterocycles. The Balaban J connectivity index is 0.980. The van der Waals surface area contributed by atoms with Crippen molar-refractivity contribution in [2.75, 3.05) is 38.3 Å². The number of aliphatic imine (C=N–C) groups is 1. The second-order valence-corrected chi connectivity index (χ2v) is 10.8. The van der Waals surface area contributed by atoms with Crippen molar-refractivity contribution in [3.05, 3.63) is 107 Å². The Hall–Kier alpha value is -5.11. The Morgan fingerprint density at radius 1 is 0.932 bits per heavy atom.